The van der Waals surface area contributed by atoms with Crippen LogP contribution in [-0.4, -0.2) is 17.1 Å². The maximum Gasteiger partial charge on any atom is 0.277 e. The number of nitrogens with zero attached hydrogens (tertiary/aromatic N) is 1. The average molecular weight is 251 g/mol. The van der Waals surface area contributed by atoms with Crippen LogP contribution in [0.25, 0.3) is 0 Å². The zero-order valence-corrected chi connectivity index (χ0v) is 9.44. The molecule has 0 aliphatic rings. The van der Waals surface area contributed by atoms with Gasteiger partial charge in [0.1, 0.15) is 5.75 Å². The molecule has 0 aliphatic heterocycles. The van der Waals surface area contributed by atoms with E-state index in [9.17, 15) is 9.18 Å². The van der Waals surface area contributed by atoms with Crippen molar-refractivity contribution in [1.29, 1.82) is 0 Å². The minimum absolute atomic E-state index is 0.0240. The molecule has 1 aromatic carbocycles. The van der Waals surface area contributed by atoms with E-state index in [2.05, 4.69) is 9.97 Å². The lowest BCUT2D eigenvalue weighted by Gasteiger charge is -2.08. The molecule has 0 atom stereocenters. The monoisotopic (exact) mass is 251 g/mol. The standard InChI is InChI=1S/C11H10FN3O3/c1-17-8-4-6(2-3-7(8)12)18-11-9(13)10(16)14-5-15-11/h2-5H,13H2,1H3,(H,14,15,16). The maximum absolute atomic E-state index is 13.2. The lowest BCUT2D eigenvalue weighted by molar-refractivity contribution is 0.380. The SMILES string of the molecule is COc1cc(Oc2nc[nH]c(=O)c2N)ccc1F. The molecule has 1 heterocycles. The van der Waals surface area contributed by atoms with Crippen LogP contribution in [0.1, 0.15) is 0 Å². The van der Waals surface area contributed by atoms with Crippen molar-refractivity contribution in [3.8, 4) is 17.4 Å². The van der Waals surface area contributed by atoms with Gasteiger partial charge in [0.2, 0.25) is 5.88 Å². The number of benzene rings is 1. The normalized spacial score (nSPS) is 10.1. The van der Waals surface area contributed by atoms with Crippen LogP contribution in [0.15, 0.2) is 29.3 Å². The van der Waals surface area contributed by atoms with Crippen molar-refractivity contribution in [2.45, 2.75) is 0 Å². The second kappa shape index (κ2) is 4.74. The van der Waals surface area contributed by atoms with Crippen molar-refractivity contribution in [3.63, 3.8) is 0 Å². The van der Waals surface area contributed by atoms with Crippen LogP contribution in [0.5, 0.6) is 17.4 Å². The number of H-pyrrole nitrogens is 1. The molecule has 0 aliphatic carbocycles. The van der Waals surface area contributed by atoms with Gasteiger partial charge < -0.3 is 20.2 Å². The van der Waals surface area contributed by atoms with Crippen LogP contribution in [0.4, 0.5) is 10.1 Å². The third kappa shape index (κ3) is 2.24. The Morgan fingerprint density at radius 1 is 1.44 bits per heavy atom. The van der Waals surface area contributed by atoms with Crippen LogP contribution in [0.2, 0.25) is 0 Å². The molecule has 3 N–H and O–H groups in total. The highest BCUT2D eigenvalue weighted by Crippen LogP contribution is 2.27. The Labute approximate surface area is 101 Å². The Morgan fingerprint density at radius 2 is 2.22 bits per heavy atom. The molecule has 0 saturated carbocycles. The third-order valence-electron chi connectivity index (χ3n) is 2.19. The van der Waals surface area contributed by atoms with Crippen molar-refractivity contribution in [3.05, 3.63) is 40.7 Å². The summed E-state index contributed by atoms with van der Waals surface area (Å²) < 4.78 is 23.3. The molecule has 94 valence electrons. The molecule has 0 bridgehead atoms. The molecule has 2 aromatic rings. The number of rotatable bonds is 3. The molecule has 0 saturated heterocycles. The molecule has 0 radical (unpaired) electrons. The Hall–Kier alpha value is -2.57. The van der Waals surface area contributed by atoms with E-state index in [-0.39, 0.29) is 23.1 Å². The summed E-state index contributed by atoms with van der Waals surface area (Å²) >= 11 is 0. The fourth-order valence-corrected chi connectivity index (χ4v) is 1.29. The first-order valence-electron chi connectivity index (χ1n) is 4.96. The van der Waals surface area contributed by atoms with E-state index in [1.807, 2.05) is 0 Å². The first kappa shape index (κ1) is 11.9. The highest BCUT2D eigenvalue weighted by molar-refractivity contribution is 5.47. The summed E-state index contributed by atoms with van der Waals surface area (Å²) in [6.45, 7) is 0. The molecular formula is C11H10FN3O3. The van der Waals surface area contributed by atoms with Gasteiger partial charge in [-0.05, 0) is 12.1 Å². The molecule has 0 fully saturated rings. The predicted octanol–water partition coefficient (Wildman–Crippen LogP) is 1.29. The number of halogens is 1. The van der Waals surface area contributed by atoms with Gasteiger partial charge in [-0.3, -0.25) is 4.79 Å². The zero-order chi connectivity index (χ0) is 13.1. The van der Waals surface area contributed by atoms with E-state index in [1.165, 1.54) is 25.3 Å². The van der Waals surface area contributed by atoms with Gasteiger partial charge in [0, 0.05) is 6.07 Å². The number of hydrogen-bond donors (Lipinski definition) is 2. The van der Waals surface area contributed by atoms with Crippen molar-refractivity contribution in [2.75, 3.05) is 12.8 Å². The van der Waals surface area contributed by atoms with Crippen LogP contribution in [0.3, 0.4) is 0 Å². The van der Waals surface area contributed by atoms with Crippen molar-refractivity contribution < 1.29 is 13.9 Å². The van der Waals surface area contributed by atoms with Gasteiger partial charge in [-0.1, -0.05) is 0 Å². The summed E-state index contributed by atoms with van der Waals surface area (Å²) in [7, 11) is 1.34. The number of nitrogen functional groups attached to an aromatic ring is 1. The number of anilines is 1. The van der Waals surface area contributed by atoms with E-state index >= 15 is 0 Å². The van der Waals surface area contributed by atoms with Gasteiger partial charge in [0.15, 0.2) is 17.3 Å². The number of nitrogens with two attached hydrogens (primary N) is 1. The first-order chi connectivity index (χ1) is 8.61. The quantitative estimate of drug-likeness (QED) is 0.857. The summed E-state index contributed by atoms with van der Waals surface area (Å²) in [4.78, 5) is 17.3. The van der Waals surface area contributed by atoms with Gasteiger partial charge in [0.05, 0.1) is 13.4 Å². The van der Waals surface area contributed by atoms with E-state index in [0.29, 0.717) is 0 Å². The van der Waals surface area contributed by atoms with Gasteiger partial charge in [-0.25, -0.2) is 9.37 Å². The molecule has 0 amide bonds. The Morgan fingerprint density at radius 3 is 2.94 bits per heavy atom. The minimum Gasteiger partial charge on any atom is -0.494 e. The van der Waals surface area contributed by atoms with Crippen molar-refractivity contribution in [2.24, 2.45) is 0 Å². The van der Waals surface area contributed by atoms with Gasteiger partial charge >= 0.3 is 0 Å². The summed E-state index contributed by atoms with van der Waals surface area (Å²) in [6, 6.07) is 3.88. The third-order valence-corrected chi connectivity index (χ3v) is 2.19. The number of methoxy groups -OCH3 is 1. The molecule has 2 rings (SSSR count). The fraction of sp³-hybridized carbons (Fsp3) is 0.0909. The average Bonchev–Trinajstić information content (AvgIpc) is 2.37. The lowest BCUT2D eigenvalue weighted by Crippen LogP contribution is -2.13. The fourth-order valence-electron chi connectivity index (χ4n) is 1.29. The molecule has 1 aromatic heterocycles. The molecule has 18 heavy (non-hydrogen) atoms. The Bertz CT molecular complexity index is 627. The first-order valence-corrected chi connectivity index (χ1v) is 4.96. The predicted molar refractivity (Wildman–Crippen MR) is 62.3 cm³/mol. The van der Waals surface area contributed by atoms with E-state index < -0.39 is 11.4 Å². The molecule has 0 spiro atoms. The molecular weight excluding hydrogens is 241 g/mol. The van der Waals surface area contributed by atoms with E-state index in [4.69, 9.17) is 15.2 Å². The number of nitrogens with one attached hydrogen (secondary N) is 1. The van der Waals surface area contributed by atoms with Crippen LogP contribution >= 0.6 is 0 Å². The number of aromatic amines is 1. The maximum atomic E-state index is 13.2. The van der Waals surface area contributed by atoms with Crippen LogP contribution < -0.4 is 20.8 Å². The summed E-state index contributed by atoms with van der Waals surface area (Å²) in [5.41, 5.74) is 4.84. The highest BCUT2D eigenvalue weighted by Gasteiger charge is 2.09. The van der Waals surface area contributed by atoms with E-state index in [1.54, 1.807) is 0 Å². The summed E-state index contributed by atoms with van der Waals surface area (Å²) in [5.74, 6) is -0.280. The topological polar surface area (TPSA) is 90.2 Å². The number of hydrogen-bond acceptors (Lipinski definition) is 5. The second-order valence-corrected chi connectivity index (χ2v) is 3.35. The van der Waals surface area contributed by atoms with Crippen LogP contribution in [0, 0.1) is 5.82 Å². The summed E-state index contributed by atoms with van der Waals surface area (Å²) in [5, 5.41) is 0. The minimum atomic E-state index is -0.517. The number of aromatic nitrogens is 2. The van der Waals surface area contributed by atoms with E-state index in [0.717, 1.165) is 6.33 Å². The number of ether oxygens (including phenoxy) is 2. The highest BCUT2D eigenvalue weighted by atomic mass is 19.1. The molecule has 6 nitrogen and oxygen atoms in total. The molecule has 0 unspecified atom stereocenters. The summed E-state index contributed by atoms with van der Waals surface area (Å²) in [6.07, 6.45) is 1.16. The molecule has 7 heteroatoms. The second-order valence-electron chi connectivity index (χ2n) is 3.35. The largest absolute Gasteiger partial charge is 0.494 e. The Kier molecular flexibility index (Phi) is 3.13. The van der Waals surface area contributed by atoms with Crippen LogP contribution in [-0.2, 0) is 0 Å². The zero-order valence-electron chi connectivity index (χ0n) is 9.44. The van der Waals surface area contributed by atoms with Gasteiger partial charge in [0.25, 0.3) is 5.56 Å². The van der Waals surface area contributed by atoms with Gasteiger partial charge in [-0.15, -0.1) is 0 Å². The van der Waals surface area contributed by atoms with Crippen molar-refractivity contribution in [1.82, 2.24) is 9.97 Å². The van der Waals surface area contributed by atoms with Crippen molar-refractivity contribution >= 4 is 5.69 Å². The smallest absolute Gasteiger partial charge is 0.277 e. The Balaban J connectivity index is 2.34. The van der Waals surface area contributed by atoms with Gasteiger partial charge in [-0.2, -0.15) is 0 Å². The lowest BCUT2D eigenvalue weighted by atomic mass is 10.3.